The Balaban J connectivity index is 4.34. The number of hydrogen-bond acceptors (Lipinski definition) is 1. The van der Waals surface area contributed by atoms with Crippen molar-refractivity contribution in [2.75, 3.05) is 0 Å². The fraction of sp³-hybridized carbons (Fsp3) is 0.750. The smallest absolute Gasteiger partial charge is 0.363 e. The first-order valence-corrected chi connectivity index (χ1v) is 3.12. The molecule has 0 heterocycles. The van der Waals surface area contributed by atoms with Crippen LogP contribution in [0.5, 0.6) is 0 Å². The molecule has 0 atom stereocenters. The lowest BCUT2D eigenvalue weighted by molar-refractivity contribution is -0.171. The van der Waals surface area contributed by atoms with E-state index in [1.54, 1.807) is 0 Å². The van der Waals surface area contributed by atoms with Crippen LogP contribution in [0, 0.1) is 0 Å². The molecule has 7 heteroatoms. The van der Waals surface area contributed by atoms with E-state index >= 15 is 0 Å². The van der Waals surface area contributed by atoms with Gasteiger partial charge in [-0.25, -0.2) is 0 Å². The van der Waals surface area contributed by atoms with E-state index in [-0.39, 0.29) is 0 Å². The second-order valence-electron chi connectivity index (χ2n) is 1.77. The monoisotopic (exact) mass is 238 g/mol. The van der Waals surface area contributed by atoms with Crippen LogP contribution in [0.15, 0.2) is 0 Å². The maximum absolute atomic E-state index is 12.0. The standard InChI is InChI=1S/C4H3BrF4O2/c5-4(8,9)3(6,7)1-2(10)11/h1H2,(H,10,11). The lowest BCUT2D eigenvalue weighted by atomic mass is 10.2. The van der Waals surface area contributed by atoms with Crippen LogP contribution < -0.4 is 0 Å². The fourth-order valence-corrected chi connectivity index (χ4v) is 0.430. The van der Waals surface area contributed by atoms with E-state index in [1.165, 1.54) is 15.9 Å². The molecule has 0 saturated carbocycles. The zero-order valence-electron chi connectivity index (χ0n) is 4.95. The van der Waals surface area contributed by atoms with Gasteiger partial charge in [0.15, 0.2) is 0 Å². The van der Waals surface area contributed by atoms with Gasteiger partial charge in [-0.2, -0.15) is 17.6 Å². The number of carboxylic acid groups (broad SMARTS) is 1. The van der Waals surface area contributed by atoms with Crippen LogP contribution in [0.3, 0.4) is 0 Å². The second kappa shape index (κ2) is 2.96. The summed E-state index contributed by atoms with van der Waals surface area (Å²) in [7, 11) is 0. The van der Waals surface area contributed by atoms with E-state index in [1.807, 2.05) is 0 Å². The summed E-state index contributed by atoms with van der Waals surface area (Å²) in [4.78, 5) is 5.15. The fourth-order valence-electron chi connectivity index (χ4n) is 0.290. The number of hydrogen-bond donors (Lipinski definition) is 1. The number of carboxylic acids is 1. The second-order valence-corrected chi connectivity index (χ2v) is 2.77. The maximum Gasteiger partial charge on any atom is 0.363 e. The molecule has 0 amide bonds. The Labute approximate surface area is 67.3 Å². The SMILES string of the molecule is O=C(O)CC(F)(F)C(F)(F)Br. The molecule has 0 bridgehead atoms. The van der Waals surface area contributed by atoms with Crippen molar-refractivity contribution < 1.29 is 27.5 Å². The molecule has 11 heavy (non-hydrogen) atoms. The van der Waals surface area contributed by atoms with E-state index in [2.05, 4.69) is 0 Å². The van der Waals surface area contributed by atoms with Crippen LogP contribution in [0.1, 0.15) is 6.42 Å². The highest BCUT2D eigenvalue weighted by atomic mass is 79.9. The number of rotatable bonds is 3. The summed E-state index contributed by atoms with van der Waals surface area (Å²) in [5.74, 6) is -6.53. The van der Waals surface area contributed by atoms with Crippen LogP contribution in [0.2, 0.25) is 0 Å². The molecule has 0 aliphatic carbocycles. The van der Waals surface area contributed by atoms with Gasteiger partial charge >= 0.3 is 16.7 Å². The molecular formula is C4H3BrF4O2. The third kappa shape index (κ3) is 3.04. The minimum atomic E-state index is -4.56. The largest absolute Gasteiger partial charge is 0.481 e. The van der Waals surface area contributed by atoms with Gasteiger partial charge in [-0.3, -0.25) is 4.79 Å². The predicted octanol–water partition coefficient (Wildman–Crippen LogP) is 2.08. The number of alkyl halides is 5. The molecule has 0 rings (SSSR count). The highest BCUT2D eigenvalue weighted by Crippen LogP contribution is 2.41. The van der Waals surface area contributed by atoms with Gasteiger partial charge in [-0.1, -0.05) is 0 Å². The number of carbonyl (C=O) groups is 1. The lowest BCUT2D eigenvalue weighted by Crippen LogP contribution is -2.36. The summed E-state index contributed by atoms with van der Waals surface area (Å²) >= 11 is 1.38. The van der Waals surface area contributed by atoms with Gasteiger partial charge in [0.05, 0.1) is 0 Å². The average molecular weight is 239 g/mol. The molecule has 0 aromatic heterocycles. The van der Waals surface area contributed by atoms with E-state index in [4.69, 9.17) is 5.11 Å². The van der Waals surface area contributed by atoms with Crippen molar-refractivity contribution in [3.63, 3.8) is 0 Å². The molecule has 2 nitrogen and oxygen atoms in total. The normalized spacial score (nSPS) is 13.2. The van der Waals surface area contributed by atoms with E-state index in [0.717, 1.165) is 0 Å². The van der Waals surface area contributed by atoms with Gasteiger partial charge in [-0.05, 0) is 15.9 Å². The van der Waals surface area contributed by atoms with Gasteiger partial charge in [0.1, 0.15) is 6.42 Å². The Hall–Kier alpha value is -0.330. The Morgan fingerprint density at radius 3 is 1.82 bits per heavy atom. The van der Waals surface area contributed by atoms with Crippen LogP contribution >= 0.6 is 15.9 Å². The summed E-state index contributed by atoms with van der Waals surface area (Å²) in [6.07, 6.45) is -1.90. The lowest BCUT2D eigenvalue weighted by Gasteiger charge is -2.18. The quantitative estimate of drug-likeness (QED) is 0.604. The Bertz CT molecular complexity index is 164. The Kier molecular flexibility index (Phi) is 2.87. The van der Waals surface area contributed by atoms with E-state index in [9.17, 15) is 22.4 Å². The summed E-state index contributed by atoms with van der Waals surface area (Å²) in [5, 5.41) is 7.78. The van der Waals surface area contributed by atoms with Crippen LogP contribution in [-0.2, 0) is 4.79 Å². The summed E-state index contributed by atoms with van der Waals surface area (Å²) in [6, 6.07) is 0. The molecule has 1 N–H and O–H groups in total. The average Bonchev–Trinajstić information content (AvgIpc) is 1.56. The Morgan fingerprint density at radius 2 is 1.73 bits per heavy atom. The van der Waals surface area contributed by atoms with E-state index in [0.29, 0.717) is 0 Å². The van der Waals surface area contributed by atoms with E-state index < -0.39 is 23.1 Å². The highest BCUT2D eigenvalue weighted by molar-refractivity contribution is 9.10. The zero-order chi connectivity index (χ0) is 9.28. The molecule has 66 valence electrons. The zero-order valence-corrected chi connectivity index (χ0v) is 6.54. The Morgan fingerprint density at radius 1 is 1.36 bits per heavy atom. The molecule has 0 aromatic carbocycles. The van der Waals surface area contributed by atoms with Gasteiger partial charge < -0.3 is 5.11 Å². The third-order valence-electron chi connectivity index (χ3n) is 0.788. The van der Waals surface area contributed by atoms with Crippen molar-refractivity contribution in [2.24, 2.45) is 0 Å². The summed E-state index contributed by atoms with van der Waals surface area (Å²) in [5.41, 5.74) is 0. The molecule has 0 aromatic rings. The van der Waals surface area contributed by atoms with Crippen LogP contribution in [0.4, 0.5) is 17.6 Å². The first-order chi connectivity index (χ1) is 4.67. The maximum atomic E-state index is 12.0. The minimum absolute atomic E-state index is 1.38. The number of halogens is 5. The van der Waals surface area contributed by atoms with Gasteiger partial charge in [0.2, 0.25) is 0 Å². The predicted molar refractivity (Wildman–Crippen MR) is 31.1 cm³/mol. The summed E-state index contributed by atoms with van der Waals surface area (Å²) in [6.45, 7) is 0. The van der Waals surface area contributed by atoms with Crippen molar-refractivity contribution in [3.05, 3.63) is 0 Å². The van der Waals surface area contributed by atoms with Gasteiger partial charge in [0.25, 0.3) is 0 Å². The first kappa shape index (κ1) is 10.7. The van der Waals surface area contributed by atoms with Crippen LogP contribution in [-0.4, -0.2) is 21.8 Å². The third-order valence-corrected chi connectivity index (χ3v) is 1.37. The molecule has 0 spiro atoms. The molecular weight excluding hydrogens is 236 g/mol. The van der Waals surface area contributed by atoms with Crippen molar-refractivity contribution in [1.29, 1.82) is 0 Å². The first-order valence-electron chi connectivity index (χ1n) is 2.33. The van der Waals surface area contributed by atoms with Gasteiger partial charge in [0, 0.05) is 0 Å². The number of aliphatic carboxylic acids is 1. The van der Waals surface area contributed by atoms with Crippen molar-refractivity contribution in [3.8, 4) is 0 Å². The molecule has 0 aliphatic rings. The molecule has 0 radical (unpaired) electrons. The van der Waals surface area contributed by atoms with Crippen molar-refractivity contribution in [1.82, 2.24) is 0 Å². The molecule has 0 saturated heterocycles. The molecule has 0 aliphatic heterocycles. The van der Waals surface area contributed by atoms with Crippen LogP contribution in [0.25, 0.3) is 0 Å². The molecule has 0 fully saturated rings. The van der Waals surface area contributed by atoms with Gasteiger partial charge in [-0.15, -0.1) is 0 Å². The highest BCUT2D eigenvalue weighted by Gasteiger charge is 2.55. The topological polar surface area (TPSA) is 37.3 Å². The summed E-state index contributed by atoms with van der Waals surface area (Å²) < 4.78 is 47.5. The molecule has 0 unspecified atom stereocenters. The van der Waals surface area contributed by atoms with Crippen molar-refractivity contribution in [2.45, 2.75) is 17.2 Å². The van der Waals surface area contributed by atoms with Crippen molar-refractivity contribution >= 4 is 21.9 Å². The minimum Gasteiger partial charge on any atom is -0.481 e.